The van der Waals surface area contributed by atoms with Gasteiger partial charge in [0.2, 0.25) is 5.91 Å². The van der Waals surface area contributed by atoms with Gasteiger partial charge in [-0.1, -0.05) is 12.1 Å². The zero-order valence-corrected chi connectivity index (χ0v) is 13.1. The maximum Gasteiger partial charge on any atom is 0.240 e. The molecule has 7 heteroatoms. The van der Waals surface area contributed by atoms with Crippen molar-refractivity contribution in [2.45, 2.75) is 24.9 Å². The molecule has 2 aromatic rings. The highest BCUT2D eigenvalue weighted by Crippen LogP contribution is 2.22. The Balaban J connectivity index is 0.00000161. The number of hydrogen-bond donors (Lipinski definition) is 2. The molecule has 3 N–H and O–H groups in total. The van der Waals surface area contributed by atoms with E-state index in [0.717, 1.165) is 15.2 Å². The van der Waals surface area contributed by atoms with Crippen LogP contribution in [-0.4, -0.2) is 29.6 Å². The van der Waals surface area contributed by atoms with Crippen LogP contribution in [0.3, 0.4) is 0 Å². The Labute approximate surface area is 133 Å². The van der Waals surface area contributed by atoms with Crippen LogP contribution in [-0.2, 0) is 16.1 Å². The summed E-state index contributed by atoms with van der Waals surface area (Å²) in [5.74, 6) is -0.111. The third-order valence-electron chi connectivity index (χ3n) is 3.58. The highest BCUT2D eigenvalue weighted by molar-refractivity contribution is 7.18. The first-order valence-electron chi connectivity index (χ1n) is 6.67. The summed E-state index contributed by atoms with van der Waals surface area (Å²) in [4.78, 5) is 16.7. The van der Waals surface area contributed by atoms with Crippen molar-refractivity contribution in [1.82, 2.24) is 10.3 Å². The maximum atomic E-state index is 12.2. The summed E-state index contributed by atoms with van der Waals surface area (Å²) >= 11 is 1.59. The number of amides is 1. The van der Waals surface area contributed by atoms with Crippen molar-refractivity contribution >= 4 is 39.9 Å². The monoisotopic (exact) mass is 327 g/mol. The zero-order chi connectivity index (χ0) is 14.0. The zero-order valence-electron chi connectivity index (χ0n) is 11.5. The molecule has 21 heavy (non-hydrogen) atoms. The molecule has 0 unspecified atom stereocenters. The van der Waals surface area contributed by atoms with Crippen LogP contribution in [0.1, 0.15) is 17.8 Å². The Kier molecular flexibility index (Phi) is 5.16. The highest BCUT2D eigenvalue weighted by atomic mass is 35.5. The predicted molar refractivity (Wildman–Crippen MR) is 85.7 cm³/mol. The van der Waals surface area contributed by atoms with Crippen molar-refractivity contribution < 1.29 is 9.53 Å². The molecular formula is C14H18ClN3O2S. The first-order valence-corrected chi connectivity index (χ1v) is 7.48. The minimum Gasteiger partial charge on any atom is -0.381 e. The smallest absolute Gasteiger partial charge is 0.240 e. The Bertz CT molecular complexity index is 592. The lowest BCUT2D eigenvalue weighted by molar-refractivity contribution is -0.129. The van der Waals surface area contributed by atoms with Gasteiger partial charge >= 0.3 is 0 Å². The first-order chi connectivity index (χ1) is 9.67. The fraction of sp³-hybridized carbons (Fsp3) is 0.429. The third kappa shape index (κ3) is 3.52. The topological polar surface area (TPSA) is 77.2 Å². The van der Waals surface area contributed by atoms with Gasteiger partial charge < -0.3 is 15.8 Å². The molecule has 3 rings (SSSR count). The second-order valence-electron chi connectivity index (χ2n) is 5.03. The van der Waals surface area contributed by atoms with Crippen LogP contribution in [0, 0.1) is 0 Å². The van der Waals surface area contributed by atoms with Gasteiger partial charge in [-0.25, -0.2) is 4.98 Å². The summed E-state index contributed by atoms with van der Waals surface area (Å²) < 4.78 is 6.38. The van der Waals surface area contributed by atoms with Gasteiger partial charge in [-0.3, -0.25) is 4.79 Å². The number of nitrogens with zero attached hydrogens (tertiary/aromatic N) is 1. The number of fused-ring (bicyclic) bond motifs is 1. The van der Waals surface area contributed by atoms with Crippen LogP contribution in [0.2, 0.25) is 0 Å². The van der Waals surface area contributed by atoms with Crippen LogP contribution in [0.25, 0.3) is 10.2 Å². The van der Waals surface area contributed by atoms with E-state index < -0.39 is 5.54 Å². The number of nitrogens with one attached hydrogen (secondary N) is 1. The lowest BCUT2D eigenvalue weighted by atomic mass is 9.90. The third-order valence-corrected chi connectivity index (χ3v) is 4.61. The number of aromatic nitrogens is 1. The van der Waals surface area contributed by atoms with E-state index >= 15 is 0 Å². The van der Waals surface area contributed by atoms with E-state index in [-0.39, 0.29) is 18.3 Å². The molecular weight excluding hydrogens is 310 g/mol. The van der Waals surface area contributed by atoms with Crippen LogP contribution in [0.15, 0.2) is 24.3 Å². The summed E-state index contributed by atoms with van der Waals surface area (Å²) in [6.07, 6.45) is 1.14. The average molecular weight is 328 g/mol. The lowest BCUT2D eigenvalue weighted by Crippen LogP contribution is -2.56. The van der Waals surface area contributed by atoms with Gasteiger partial charge in [0.1, 0.15) is 5.01 Å². The average Bonchev–Trinajstić information content (AvgIpc) is 2.88. The van der Waals surface area contributed by atoms with E-state index in [1.165, 1.54) is 0 Å². The van der Waals surface area contributed by atoms with E-state index in [2.05, 4.69) is 10.3 Å². The van der Waals surface area contributed by atoms with Gasteiger partial charge in [0.25, 0.3) is 0 Å². The number of hydrogen-bond acceptors (Lipinski definition) is 5. The van der Waals surface area contributed by atoms with Crippen molar-refractivity contribution in [2.75, 3.05) is 13.2 Å². The standard InChI is InChI=1S/C14H17N3O2S.ClH/c15-14(5-7-19-8-6-14)13(18)16-9-12-17-10-3-1-2-4-11(10)20-12;/h1-4H,5-9,15H2,(H,16,18);1H. The normalized spacial score (nSPS) is 17.2. The molecule has 0 spiro atoms. The van der Waals surface area contributed by atoms with E-state index in [1.54, 1.807) is 11.3 Å². The van der Waals surface area contributed by atoms with E-state index in [4.69, 9.17) is 10.5 Å². The Morgan fingerprint density at radius 2 is 2.10 bits per heavy atom. The van der Waals surface area contributed by atoms with Gasteiger partial charge in [-0.2, -0.15) is 0 Å². The highest BCUT2D eigenvalue weighted by Gasteiger charge is 2.35. The molecule has 0 saturated carbocycles. The maximum absolute atomic E-state index is 12.2. The van der Waals surface area contributed by atoms with Crippen molar-refractivity contribution in [1.29, 1.82) is 0 Å². The molecule has 2 heterocycles. The van der Waals surface area contributed by atoms with Crippen molar-refractivity contribution in [3.63, 3.8) is 0 Å². The van der Waals surface area contributed by atoms with Gasteiger partial charge in [-0.15, -0.1) is 23.7 Å². The molecule has 1 aromatic heterocycles. The molecule has 0 atom stereocenters. The Hall–Kier alpha value is -1.21. The molecule has 0 radical (unpaired) electrons. The number of ether oxygens (including phenoxy) is 1. The number of para-hydroxylation sites is 1. The number of carbonyl (C=O) groups is 1. The molecule has 1 aromatic carbocycles. The van der Waals surface area contributed by atoms with Gasteiger partial charge in [0, 0.05) is 13.2 Å². The number of thiazole rings is 1. The van der Waals surface area contributed by atoms with Gasteiger partial charge in [0.15, 0.2) is 0 Å². The minimum atomic E-state index is -0.797. The molecule has 0 aliphatic carbocycles. The van der Waals surface area contributed by atoms with E-state index in [9.17, 15) is 4.79 Å². The van der Waals surface area contributed by atoms with E-state index in [1.807, 2.05) is 24.3 Å². The predicted octanol–water partition coefficient (Wildman–Crippen LogP) is 1.84. The molecule has 1 saturated heterocycles. The molecule has 1 amide bonds. The summed E-state index contributed by atoms with van der Waals surface area (Å²) in [6.45, 7) is 1.52. The van der Waals surface area contributed by atoms with Crippen LogP contribution < -0.4 is 11.1 Å². The molecule has 0 bridgehead atoms. The first kappa shape index (κ1) is 16.2. The molecule has 114 valence electrons. The number of carbonyl (C=O) groups excluding carboxylic acids is 1. The van der Waals surface area contributed by atoms with Gasteiger partial charge in [-0.05, 0) is 25.0 Å². The number of rotatable bonds is 3. The van der Waals surface area contributed by atoms with Gasteiger partial charge in [0.05, 0.1) is 22.3 Å². The summed E-state index contributed by atoms with van der Waals surface area (Å²) in [5.41, 5.74) is 6.30. The molecule has 1 aliphatic rings. The second-order valence-corrected chi connectivity index (χ2v) is 6.14. The largest absolute Gasteiger partial charge is 0.381 e. The van der Waals surface area contributed by atoms with Crippen LogP contribution >= 0.6 is 23.7 Å². The number of benzene rings is 1. The fourth-order valence-electron chi connectivity index (χ4n) is 2.29. The van der Waals surface area contributed by atoms with Crippen molar-refractivity contribution in [2.24, 2.45) is 5.73 Å². The lowest BCUT2D eigenvalue weighted by Gasteiger charge is -2.31. The van der Waals surface area contributed by atoms with Crippen molar-refractivity contribution in [3.05, 3.63) is 29.3 Å². The molecule has 1 fully saturated rings. The quantitative estimate of drug-likeness (QED) is 0.901. The van der Waals surface area contributed by atoms with Crippen molar-refractivity contribution in [3.8, 4) is 0 Å². The van der Waals surface area contributed by atoms with Crippen LogP contribution in [0.5, 0.6) is 0 Å². The SMILES string of the molecule is Cl.NC1(C(=O)NCc2nc3ccccc3s2)CCOCC1. The molecule has 1 aliphatic heterocycles. The molecule has 5 nitrogen and oxygen atoms in total. The number of halogens is 1. The fourth-order valence-corrected chi connectivity index (χ4v) is 3.20. The van der Waals surface area contributed by atoms with E-state index in [0.29, 0.717) is 32.6 Å². The minimum absolute atomic E-state index is 0. The summed E-state index contributed by atoms with van der Waals surface area (Å²) in [7, 11) is 0. The summed E-state index contributed by atoms with van der Waals surface area (Å²) in [5, 5.41) is 3.80. The Morgan fingerprint density at radius 1 is 1.38 bits per heavy atom. The van der Waals surface area contributed by atoms with Crippen LogP contribution in [0.4, 0.5) is 0 Å². The number of nitrogens with two attached hydrogens (primary N) is 1. The second kappa shape index (κ2) is 6.70. The summed E-state index contributed by atoms with van der Waals surface area (Å²) in [6, 6.07) is 7.95. The Morgan fingerprint density at radius 3 is 2.81 bits per heavy atom.